The zero-order valence-corrected chi connectivity index (χ0v) is 22.4. The predicted molar refractivity (Wildman–Crippen MR) is 145 cm³/mol. The van der Waals surface area contributed by atoms with Crippen LogP contribution in [-0.2, 0) is 16.0 Å². The summed E-state index contributed by atoms with van der Waals surface area (Å²) in [5.41, 5.74) is 8.11. The van der Waals surface area contributed by atoms with Crippen LogP contribution in [-0.4, -0.2) is 42.4 Å². The first-order valence-electron chi connectivity index (χ1n) is 14.1. The molecule has 5 heteroatoms. The lowest BCUT2D eigenvalue weighted by Crippen LogP contribution is -2.47. The van der Waals surface area contributed by atoms with Gasteiger partial charge in [-0.15, -0.1) is 0 Å². The SMILES string of the molecule is CC(C)CCN(c1ccc(CCC2CCCCC2)cc1)C1CCN(C(=O)[CH]CC(C)C(N)=O)CC1. The maximum absolute atomic E-state index is 12.6. The van der Waals surface area contributed by atoms with Crippen LogP contribution in [0, 0.1) is 24.2 Å². The first-order valence-corrected chi connectivity index (χ1v) is 14.1. The molecule has 1 radical (unpaired) electrons. The number of aryl methyl sites for hydroxylation is 1. The van der Waals surface area contributed by atoms with E-state index in [9.17, 15) is 9.59 Å². The largest absolute Gasteiger partial charge is 0.369 e. The van der Waals surface area contributed by atoms with Gasteiger partial charge in [-0.05, 0) is 68.1 Å². The zero-order valence-electron chi connectivity index (χ0n) is 22.4. The van der Waals surface area contributed by atoms with Gasteiger partial charge in [-0.1, -0.05) is 65.0 Å². The van der Waals surface area contributed by atoms with Gasteiger partial charge in [0.2, 0.25) is 11.8 Å². The topological polar surface area (TPSA) is 66.6 Å². The van der Waals surface area contributed by atoms with E-state index < -0.39 is 0 Å². The molecule has 1 unspecified atom stereocenters. The first kappa shape index (κ1) is 27.5. The summed E-state index contributed by atoms with van der Waals surface area (Å²) in [5.74, 6) is 0.973. The molecule has 2 N–H and O–H groups in total. The monoisotopic (exact) mass is 482 g/mol. The summed E-state index contributed by atoms with van der Waals surface area (Å²) >= 11 is 0. The van der Waals surface area contributed by atoms with Crippen molar-refractivity contribution in [3.05, 3.63) is 36.2 Å². The average Bonchev–Trinajstić information content (AvgIpc) is 2.87. The van der Waals surface area contributed by atoms with Crippen molar-refractivity contribution in [1.29, 1.82) is 0 Å². The fourth-order valence-electron chi connectivity index (χ4n) is 5.54. The smallest absolute Gasteiger partial charge is 0.226 e. The third-order valence-electron chi connectivity index (χ3n) is 8.13. The van der Waals surface area contributed by atoms with Crippen LogP contribution in [0.5, 0.6) is 0 Å². The molecule has 2 amide bonds. The third-order valence-corrected chi connectivity index (χ3v) is 8.13. The lowest BCUT2D eigenvalue weighted by atomic mass is 9.85. The lowest BCUT2D eigenvalue weighted by molar-refractivity contribution is -0.129. The van der Waals surface area contributed by atoms with E-state index in [0.717, 1.165) is 38.4 Å². The van der Waals surface area contributed by atoms with Crippen LogP contribution >= 0.6 is 0 Å². The summed E-state index contributed by atoms with van der Waals surface area (Å²) in [7, 11) is 0. The van der Waals surface area contributed by atoms with Crippen molar-refractivity contribution in [3.8, 4) is 0 Å². The highest BCUT2D eigenvalue weighted by molar-refractivity contribution is 5.86. The van der Waals surface area contributed by atoms with E-state index in [-0.39, 0.29) is 17.7 Å². The number of benzene rings is 1. The standard InChI is InChI=1S/C30H48N3O2/c1-23(2)17-22-33(27-14-12-26(13-15-27)11-10-25-7-5-4-6-8-25)28-18-20-32(21-19-28)29(34)16-9-24(3)30(31)35/h12-16,23-25,28H,4-11,17-22H2,1-3H3,(H2,31,35). The zero-order chi connectivity index (χ0) is 25.2. The van der Waals surface area contributed by atoms with E-state index in [1.165, 1.54) is 62.6 Å². The number of nitrogens with zero attached hydrogens (tertiary/aromatic N) is 2. The molecule has 195 valence electrons. The molecule has 1 saturated carbocycles. The third kappa shape index (κ3) is 8.84. The van der Waals surface area contributed by atoms with Gasteiger partial charge < -0.3 is 15.5 Å². The second kappa shape index (κ2) is 13.9. The van der Waals surface area contributed by atoms with Gasteiger partial charge in [0, 0.05) is 37.3 Å². The van der Waals surface area contributed by atoms with Gasteiger partial charge in [0.25, 0.3) is 0 Å². The fourth-order valence-corrected chi connectivity index (χ4v) is 5.54. The number of piperidine rings is 1. The molecule has 1 aromatic carbocycles. The highest BCUT2D eigenvalue weighted by Crippen LogP contribution is 2.29. The van der Waals surface area contributed by atoms with Crippen LogP contribution in [0.3, 0.4) is 0 Å². The fraction of sp³-hybridized carbons (Fsp3) is 0.700. The summed E-state index contributed by atoms with van der Waals surface area (Å²) in [4.78, 5) is 28.4. The normalized spacial score (nSPS) is 18.6. The van der Waals surface area contributed by atoms with Crippen LogP contribution in [0.1, 0.15) is 90.5 Å². The Morgan fingerprint density at radius 3 is 2.29 bits per heavy atom. The molecule has 0 spiro atoms. The number of anilines is 1. The first-order chi connectivity index (χ1) is 16.8. The van der Waals surface area contributed by atoms with Crippen molar-refractivity contribution in [2.45, 2.75) is 97.4 Å². The molecule has 3 rings (SSSR count). The maximum atomic E-state index is 12.6. The molecule has 35 heavy (non-hydrogen) atoms. The van der Waals surface area contributed by atoms with Crippen molar-refractivity contribution >= 4 is 17.5 Å². The van der Waals surface area contributed by atoms with Crippen LogP contribution in [0.2, 0.25) is 0 Å². The molecule has 1 saturated heterocycles. The molecular formula is C30H48N3O2. The van der Waals surface area contributed by atoms with Gasteiger partial charge in [-0.25, -0.2) is 0 Å². The van der Waals surface area contributed by atoms with Crippen LogP contribution in [0.15, 0.2) is 24.3 Å². The number of hydrogen-bond acceptors (Lipinski definition) is 3. The summed E-state index contributed by atoms with van der Waals surface area (Å²) in [6.45, 7) is 8.94. The minimum absolute atomic E-state index is 0.0348. The van der Waals surface area contributed by atoms with Crippen LogP contribution in [0.4, 0.5) is 5.69 Å². The summed E-state index contributed by atoms with van der Waals surface area (Å²) in [6.07, 6.45) is 14.8. The van der Waals surface area contributed by atoms with E-state index >= 15 is 0 Å². The molecule has 0 bridgehead atoms. The van der Waals surface area contributed by atoms with Crippen molar-refractivity contribution < 1.29 is 9.59 Å². The average molecular weight is 483 g/mol. The van der Waals surface area contributed by atoms with Gasteiger partial charge in [-0.2, -0.15) is 0 Å². The number of primary amides is 1. The highest BCUT2D eigenvalue weighted by atomic mass is 16.2. The van der Waals surface area contributed by atoms with Gasteiger partial charge in [0.15, 0.2) is 0 Å². The molecule has 1 aliphatic heterocycles. The van der Waals surface area contributed by atoms with Gasteiger partial charge in [0.05, 0.1) is 6.42 Å². The van der Waals surface area contributed by atoms with Crippen molar-refractivity contribution in [3.63, 3.8) is 0 Å². The number of hydrogen-bond donors (Lipinski definition) is 1. The second-order valence-electron chi connectivity index (χ2n) is 11.4. The summed E-state index contributed by atoms with van der Waals surface area (Å²) in [5, 5.41) is 0. The molecular weight excluding hydrogens is 434 g/mol. The van der Waals surface area contributed by atoms with Crippen molar-refractivity contribution in [1.82, 2.24) is 4.90 Å². The maximum Gasteiger partial charge on any atom is 0.226 e. The summed E-state index contributed by atoms with van der Waals surface area (Å²) < 4.78 is 0. The Labute approximate surface area is 213 Å². The number of carbonyl (C=O) groups is 2. The van der Waals surface area contributed by atoms with Gasteiger partial charge >= 0.3 is 0 Å². The second-order valence-corrected chi connectivity index (χ2v) is 11.4. The molecule has 1 atom stereocenters. The number of amides is 2. The number of rotatable bonds is 12. The highest BCUT2D eigenvalue weighted by Gasteiger charge is 2.27. The van der Waals surface area contributed by atoms with Crippen LogP contribution in [0.25, 0.3) is 0 Å². The summed E-state index contributed by atoms with van der Waals surface area (Å²) in [6, 6.07) is 9.79. The minimum Gasteiger partial charge on any atom is -0.369 e. The Kier molecular flexibility index (Phi) is 10.9. The number of carbonyl (C=O) groups excluding carboxylic acids is 2. The lowest BCUT2D eigenvalue weighted by Gasteiger charge is -2.40. The van der Waals surface area contributed by atoms with E-state index in [1.807, 2.05) is 4.90 Å². The Bertz CT molecular complexity index is 777. The Balaban J connectivity index is 1.54. The Hall–Kier alpha value is -2.04. The molecule has 2 aliphatic rings. The van der Waals surface area contributed by atoms with E-state index in [0.29, 0.717) is 18.4 Å². The Morgan fingerprint density at radius 1 is 1.03 bits per heavy atom. The number of likely N-dealkylation sites (tertiary alicyclic amines) is 1. The van der Waals surface area contributed by atoms with Crippen LogP contribution < -0.4 is 10.6 Å². The number of nitrogens with two attached hydrogens (primary N) is 1. The Morgan fingerprint density at radius 2 is 1.69 bits per heavy atom. The molecule has 1 aliphatic carbocycles. The van der Waals surface area contributed by atoms with E-state index in [1.54, 1.807) is 13.3 Å². The van der Waals surface area contributed by atoms with E-state index in [4.69, 9.17) is 5.73 Å². The molecule has 1 heterocycles. The minimum atomic E-state index is -0.353. The molecule has 1 aromatic rings. The quantitative estimate of drug-likeness (QED) is 0.412. The van der Waals surface area contributed by atoms with Gasteiger partial charge in [-0.3, -0.25) is 9.59 Å². The van der Waals surface area contributed by atoms with Crippen molar-refractivity contribution in [2.24, 2.45) is 23.5 Å². The van der Waals surface area contributed by atoms with E-state index in [2.05, 4.69) is 43.0 Å². The predicted octanol–water partition coefficient (Wildman–Crippen LogP) is 5.76. The van der Waals surface area contributed by atoms with Gasteiger partial charge in [0.1, 0.15) is 0 Å². The molecule has 5 nitrogen and oxygen atoms in total. The molecule has 0 aromatic heterocycles. The van der Waals surface area contributed by atoms with Crippen molar-refractivity contribution in [2.75, 3.05) is 24.5 Å². The molecule has 2 fully saturated rings.